The molecule has 8 nitrogen and oxygen atoms in total. The average molecular weight is 495 g/mol. The number of ether oxygens (including phenoxy) is 3. The summed E-state index contributed by atoms with van der Waals surface area (Å²) in [6.45, 7) is 9.35. The predicted octanol–water partition coefficient (Wildman–Crippen LogP) is 4.40. The quantitative estimate of drug-likeness (QED) is 0.413. The minimum atomic E-state index is -0.640. The zero-order valence-electron chi connectivity index (χ0n) is 21.8. The number of carbonyl (C=O) groups is 1. The van der Waals surface area contributed by atoms with Gasteiger partial charge in [-0.2, -0.15) is 0 Å². The van der Waals surface area contributed by atoms with Gasteiger partial charge in [-0.3, -0.25) is 9.59 Å². The summed E-state index contributed by atoms with van der Waals surface area (Å²) in [6, 6.07) is 8.38. The van der Waals surface area contributed by atoms with Crippen LogP contribution in [-0.2, 0) is 0 Å². The third-order valence-electron chi connectivity index (χ3n) is 6.89. The van der Waals surface area contributed by atoms with Crippen LogP contribution in [-0.4, -0.2) is 63.2 Å². The molecule has 1 aliphatic rings. The fraction of sp³-hybridized carbons (Fsp3) is 0.429. The van der Waals surface area contributed by atoms with Crippen molar-refractivity contribution in [1.82, 2.24) is 9.80 Å². The van der Waals surface area contributed by atoms with Crippen molar-refractivity contribution in [3.8, 4) is 17.2 Å². The van der Waals surface area contributed by atoms with Gasteiger partial charge in [0.15, 0.2) is 16.9 Å². The molecule has 4 rings (SSSR count). The van der Waals surface area contributed by atoms with E-state index in [1.165, 1.54) is 7.11 Å². The molecule has 0 radical (unpaired) electrons. The van der Waals surface area contributed by atoms with Crippen molar-refractivity contribution in [3.05, 3.63) is 63.0 Å². The molecule has 0 N–H and O–H groups in total. The number of hydrogen-bond donors (Lipinski definition) is 0. The van der Waals surface area contributed by atoms with Crippen LogP contribution in [0.25, 0.3) is 11.0 Å². The lowest BCUT2D eigenvalue weighted by atomic mass is 9.97. The molecule has 0 unspecified atom stereocenters. The van der Waals surface area contributed by atoms with Crippen LogP contribution in [0.15, 0.2) is 39.5 Å². The zero-order valence-corrected chi connectivity index (χ0v) is 21.8. The summed E-state index contributed by atoms with van der Waals surface area (Å²) in [4.78, 5) is 31.5. The van der Waals surface area contributed by atoms with Gasteiger partial charge in [0.1, 0.15) is 5.58 Å². The lowest BCUT2D eigenvalue weighted by Crippen LogP contribution is -2.33. The standard InChI is InChI=1S/C28H34N2O6/c1-7-29(8-2)12-9-13-30-24(18-15-21(33-4)26(35-6)22(16-18)34-5)23-25(31)19-14-17(3)10-11-20(19)36-27(23)28(30)32/h10-11,14-16,24H,7-9,12-13H2,1-6H3/t24-/m1/s1. The number of benzene rings is 2. The summed E-state index contributed by atoms with van der Waals surface area (Å²) in [7, 11) is 4.62. The largest absolute Gasteiger partial charge is 0.493 e. The Hall–Kier alpha value is -3.52. The molecule has 2 aromatic carbocycles. The topological polar surface area (TPSA) is 81.5 Å². The molecule has 1 aromatic heterocycles. The van der Waals surface area contributed by atoms with Crippen molar-refractivity contribution >= 4 is 16.9 Å². The molecule has 0 spiro atoms. The van der Waals surface area contributed by atoms with E-state index in [2.05, 4.69) is 18.7 Å². The lowest BCUT2D eigenvalue weighted by Gasteiger charge is -2.27. The third kappa shape index (κ3) is 4.41. The molecule has 0 bridgehead atoms. The van der Waals surface area contributed by atoms with Crippen molar-refractivity contribution in [2.75, 3.05) is 47.5 Å². The SMILES string of the molecule is CCN(CC)CCCN1C(=O)c2oc3ccc(C)cc3c(=O)c2[C@H]1c1cc(OC)c(OC)c(OC)c1. The summed E-state index contributed by atoms with van der Waals surface area (Å²) in [5.74, 6) is 1.16. The van der Waals surface area contributed by atoms with Crippen molar-refractivity contribution in [3.63, 3.8) is 0 Å². The molecule has 192 valence electrons. The van der Waals surface area contributed by atoms with Gasteiger partial charge in [0.2, 0.25) is 11.5 Å². The Balaban J connectivity index is 1.89. The fourth-order valence-corrected chi connectivity index (χ4v) is 4.98. The number of methoxy groups -OCH3 is 3. The smallest absolute Gasteiger partial charge is 0.290 e. The van der Waals surface area contributed by atoms with Crippen LogP contribution in [0.4, 0.5) is 0 Å². The predicted molar refractivity (Wildman–Crippen MR) is 139 cm³/mol. The van der Waals surface area contributed by atoms with Gasteiger partial charge < -0.3 is 28.4 Å². The van der Waals surface area contributed by atoms with E-state index >= 15 is 0 Å². The first-order valence-corrected chi connectivity index (χ1v) is 12.3. The first-order valence-electron chi connectivity index (χ1n) is 12.3. The van der Waals surface area contributed by atoms with Crippen LogP contribution in [0.1, 0.15) is 53.6 Å². The maximum absolute atomic E-state index is 13.8. The summed E-state index contributed by atoms with van der Waals surface area (Å²) in [5, 5.41) is 0.462. The molecule has 1 aliphatic heterocycles. The molecule has 0 aliphatic carbocycles. The van der Waals surface area contributed by atoms with Crippen molar-refractivity contribution in [1.29, 1.82) is 0 Å². The fourth-order valence-electron chi connectivity index (χ4n) is 4.98. The minimum absolute atomic E-state index is 0.0953. The highest BCUT2D eigenvalue weighted by atomic mass is 16.5. The second-order valence-electron chi connectivity index (χ2n) is 8.91. The molecule has 8 heteroatoms. The maximum atomic E-state index is 13.8. The second-order valence-corrected chi connectivity index (χ2v) is 8.91. The van der Waals surface area contributed by atoms with E-state index in [1.807, 2.05) is 13.0 Å². The van der Waals surface area contributed by atoms with E-state index in [-0.39, 0.29) is 17.1 Å². The molecule has 1 amide bonds. The van der Waals surface area contributed by atoms with Crippen LogP contribution in [0.3, 0.4) is 0 Å². The van der Waals surface area contributed by atoms with Crippen LogP contribution < -0.4 is 19.6 Å². The van der Waals surface area contributed by atoms with Gasteiger partial charge in [-0.15, -0.1) is 0 Å². The summed E-state index contributed by atoms with van der Waals surface area (Å²) in [6.07, 6.45) is 0.759. The molecular formula is C28H34N2O6. The molecule has 0 saturated carbocycles. The van der Waals surface area contributed by atoms with E-state index in [0.29, 0.717) is 45.9 Å². The van der Waals surface area contributed by atoms with E-state index in [0.717, 1.165) is 31.6 Å². The number of fused-ring (bicyclic) bond motifs is 2. The van der Waals surface area contributed by atoms with Crippen LogP contribution in [0, 0.1) is 6.92 Å². The molecular weight excluding hydrogens is 460 g/mol. The monoisotopic (exact) mass is 494 g/mol. The van der Waals surface area contributed by atoms with Gasteiger partial charge in [-0.1, -0.05) is 25.5 Å². The minimum Gasteiger partial charge on any atom is -0.493 e. The summed E-state index contributed by atoms with van der Waals surface area (Å²) in [5.41, 5.74) is 2.19. The summed E-state index contributed by atoms with van der Waals surface area (Å²) < 4.78 is 22.7. The number of carbonyl (C=O) groups excluding carboxylic acids is 1. The maximum Gasteiger partial charge on any atom is 0.290 e. The summed E-state index contributed by atoms with van der Waals surface area (Å²) >= 11 is 0. The number of nitrogens with zero attached hydrogens (tertiary/aromatic N) is 2. The Morgan fingerprint density at radius 1 is 0.972 bits per heavy atom. The molecule has 3 aromatic rings. The first kappa shape index (κ1) is 25.6. The highest BCUT2D eigenvalue weighted by Crippen LogP contribution is 2.45. The molecule has 1 atom stereocenters. The number of hydrogen-bond acceptors (Lipinski definition) is 7. The highest BCUT2D eigenvalue weighted by Gasteiger charge is 2.43. The van der Waals surface area contributed by atoms with Crippen molar-refractivity contribution in [2.24, 2.45) is 0 Å². The highest BCUT2D eigenvalue weighted by molar-refractivity contribution is 5.99. The normalized spacial score (nSPS) is 15.0. The molecule has 0 fully saturated rings. The third-order valence-corrected chi connectivity index (χ3v) is 6.89. The first-order chi connectivity index (χ1) is 17.4. The van der Waals surface area contributed by atoms with E-state index in [4.69, 9.17) is 18.6 Å². The van der Waals surface area contributed by atoms with E-state index in [9.17, 15) is 9.59 Å². The van der Waals surface area contributed by atoms with Crippen molar-refractivity contribution < 1.29 is 23.4 Å². The Bertz CT molecular complexity index is 1300. The van der Waals surface area contributed by atoms with E-state index < -0.39 is 6.04 Å². The average Bonchev–Trinajstić information content (AvgIpc) is 3.17. The van der Waals surface area contributed by atoms with Gasteiger partial charge in [0, 0.05) is 6.54 Å². The zero-order chi connectivity index (χ0) is 26.0. The van der Waals surface area contributed by atoms with Gasteiger partial charge in [-0.25, -0.2) is 0 Å². The van der Waals surface area contributed by atoms with Crippen LogP contribution >= 0.6 is 0 Å². The van der Waals surface area contributed by atoms with Crippen molar-refractivity contribution in [2.45, 2.75) is 33.2 Å². The Morgan fingerprint density at radius 3 is 2.22 bits per heavy atom. The van der Waals surface area contributed by atoms with Gasteiger partial charge in [-0.05, 0) is 62.8 Å². The van der Waals surface area contributed by atoms with Gasteiger partial charge in [0.05, 0.1) is 38.3 Å². The Morgan fingerprint density at radius 2 is 1.64 bits per heavy atom. The lowest BCUT2D eigenvalue weighted by molar-refractivity contribution is 0.0719. The molecule has 36 heavy (non-hydrogen) atoms. The number of aryl methyl sites for hydroxylation is 1. The molecule has 0 saturated heterocycles. The second kappa shape index (κ2) is 10.6. The Kier molecular flexibility index (Phi) is 7.54. The van der Waals surface area contributed by atoms with Crippen LogP contribution in [0.2, 0.25) is 0 Å². The number of amides is 1. The Labute approximate surface area is 211 Å². The van der Waals surface area contributed by atoms with Gasteiger partial charge >= 0.3 is 0 Å². The number of rotatable bonds is 10. The van der Waals surface area contributed by atoms with Gasteiger partial charge in [0.25, 0.3) is 5.91 Å². The van der Waals surface area contributed by atoms with Crippen LogP contribution in [0.5, 0.6) is 17.2 Å². The van der Waals surface area contributed by atoms with E-state index in [1.54, 1.807) is 43.4 Å². The molecule has 2 heterocycles.